The fraction of sp³-hybridized carbons (Fsp3) is 0.542. The van der Waals surface area contributed by atoms with Gasteiger partial charge in [0.05, 0.1) is 0 Å². The van der Waals surface area contributed by atoms with Crippen LogP contribution in [0.4, 0.5) is 0 Å². The van der Waals surface area contributed by atoms with E-state index in [0.717, 1.165) is 30.4 Å². The van der Waals surface area contributed by atoms with E-state index in [2.05, 4.69) is 46.9 Å². The smallest absolute Gasteiger partial charge is 0.250 e. The van der Waals surface area contributed by atoms with Crippen LogP contribution in [0.5, 0.6) is 11.5 Å². The maximum absolute atomic E-state index is 12.6. The van der Waals surface area contributed by atoms with E-state index in [4.69, 9.17) is 4.43 Å². The van der Waals surface area contributed by atoms with Crippen molar-refractivity contribution in [1.82, 2.24) is 0 Å². The van der Waals surface area contributed by atoms with Gasteiger partial charge in [-0.2, -0.15) is 0 Å². The van der Waals surface area contributed by atoms with E-state index in [1.54, 1.807) is 6.07 Å². The van der Waals surface area contributed by atoms with Gasteiger partial charge < -0.3 is 9.53 Å². The number of aromatic hydroxyl groups is 1. The van der Waals surface area contributed by atoms with E-state index in [0.29, 0.717) is 12.2 Å². The standard InChI is InChI=1S/C24H32O3Si/c1-23(2,3)28(5,6)27-21-14-18-17(16-8-7-15(25)13-19(16)21)11-12-24(4)20(18)9-10-22(24)26/h7-8,13-14,20,25H,9-12H2,1-6H3. The van der Waals surface area contributed by atoms with Crippen LogP contribution in [0.1, 0.15) is 64.0 Å². The van der Waals surface area contributed by atoms with Crippen LogP contribution in [0.15, 0.2) is 24.3 Å². The third-order valence-electron chi connectivity index (χ3n) is 7.74. The van der Waals surface area contributed by atoms with E-state index in [9.17, 15) is 9.90 Å². The molecular weight excluding hydrogens is 364 g/mol. The molecule has 0 amide bonds. The van der Waals surface area contributed by atoms with E-state index in [1.807, 2.05) is 12.1 Å². The molecular formula is C24H32O3Si. The first-order valence-corrected chi connectivity index (χ1v) is 13.4. The molecule has 4 rings (SSSR count). The molecule has 0 spiro atoms. The van der Waals surface area contributed by atoms with Crippen LogP contribution in [0.3, 0.4) is 0 Å². The molecule has 2 aliphatic rings. The van der Waals surface area contributed by atoms with E-state index in [1.165, 1.54) is 16.5 Å². The normalized spacial score (nSPS) is 24.9. The summed E-state index contributed by atoms with van der Waals surface area (Å²) < 4.78 is 6.75. The topological polar surface area (TPSA) is 46.5 Å². The molecule has 2 atom stereocenters. The van der Waals surface area contributed by atoms with Gasteiger partial charge in [0.1, 0.15) is 17.3 Å². The summed E-state index contributed by atoms with van der Waals surface area (Å²) in [6.07, 6.45) is 3.45. The number of phenols is 1. The van der Waals surface area contributed by atoms with Crippen LogP contribution in [0.25, 0.3) is 10.8 Å². The molecule has 2 aliphatic carbocycles. The maximum Gasteiger partial charge on any atom is 0.250 e. The highest BCUT2D eigenvalue weighted by Crippen LogP contribution is 2.56. The van der Waals surface area contributed by atoms with Crippen molar-refractivity contribution < 1.29 is 14.3 Å². The summed E-state index contributed by atoms with van der Waals surface area (Å²) in [5, 5.41) is 12.4. The first-order valence-electron chi connectivity index (χ1n) is 10.4. The lowest BCUT2D eigenvalue weighted by atomic mass is 9.66. The van der Waals surface area contributed by atoms with Crippen molar-refractivity contribution in [2.75, 3.05) is 0 Å². The Morgan fingerprint density at radius 2 is 1.86 bits per heavy atom. The van der Waals surface area contributed by atoms with E-state index >= 15 is 0 Å². The van der Waals surface area contributed by atoms with Gasteiger partial charge in [-0.15, -0.1) is 0 Å². The predicted molar refractivity (Wildman–Crippen MR) is 117 cm³/mol. The van der Waals surface area contributed by atoms with Crippen molar-refractivity contribution in [3.8, 4) is 11.5 Å². The number of aryl methyl sites for hydroxylation is 1. The van der Waals surface area contributed by atoms with Crippen LogP contribution < -0.4 is 4.43 Å². The van der Waals surface area contributed by atoms with Crippen LogP contribution in [0.2, 0.25) is 18.1 Å². The summed E-state index contributed by atoms with van der Waals surface area (Å²) >= 11 is 0. The number of phenolic OH excluding ortho intramolecular Hbond substituents is 1. The van der Waals surface area contributed by atoms with Crippen molar-refractivity contribution in [2.45, 2.75) is 77.4 Å². The van der Waals surface area contributed by atoms with Gasteiger partial charge in [0, 0.05) is 17.2 Å². The highest BCUT2D eigenvalue weighted by atomic mass is 28.4. The van der Waals surface area contributed by atoms with E-state index in [-0.39, 0.29) is 22.1 Å². The molecule has 0 saturated heterocycles. The molecule has 2 aromatic rings. The molecule has 150 valence electrons. The average Bonchev–Trinajstić information content (AvgIpc) is 2.89. The minimum absolute atomic E-state index is 0.0872. The molecule has 1 saturated carbocycles. The first-order chi connectivity index (χ1) is 12.9. The highest BCUT2D eigenvalue weighted by molar-refractivity contribution is 6.74. The van der Waals surface area contributed by atoms with Crippen LogP contribution in [0, 0.1) is 5.41 Å². The second-order valence-electron chi connectivity index (χ2n) is 10.5. The summed E-state index contributed by atoms with van der Waals surface area (Å²) in [5.74, 6) is 1.84. The molecule has 2 aromatic carbocycles. The molecule has 0 aliphatic heterocycles. The molecule has 2 unspecified atom stereocenters. The summed E-state index contributed by atoms with van der Waals surface area (Å²) in [5.41, 5.74) is 2.41. The Hall–Kier alpha value is -1.81. The largest absolute Gasteiger partial charge is 0.543 e. The Kier molecular flexibility index (Phi) is 4.24. The maximum atomic E-state index is 12.6. The fourth-order valence-corrected chi connectivity index (χ4v) is 5.86. The highest BCUT2D eigenvalue weighted by Gasteiger charge is 2.49. The van der Waals surface area contributed by atoms with Gasteiger partial charge in [-0.1, -0.05) is 33.8 Å². The fourth-order valence-electron chi connectivity index (χ4n) is 4.83. The molecule has 4 heteroatoms. The molecule has 0 bridgehead atoms. The van der Waals surface area contributed by atoms with Crippen LogP contribution >= 0.6 is 0 Å². The Labute approximate surface area is 169 Å². The number of carbonyl (C=O) groups excluding carboxylic acids is 1. The van der Waals surface area contributed by atoms with Crippen molar-refractivity contribution in [2.24, 2.45) is 5.41 Å². The lowest BCUT2D eigenvalue weighted by Gasteiger charge is -2.39. The number of hydrogen-bond donors (Lipinski definition) is 1. The number of carbonyl (C=O) groups is 1. The van der Waals surface area contributed by atoms with Crippen molar-refractivity contribution in [3.05, 3.63) is 35.4 Å². The van der Waals surface area contributed by atoms with Crippen molar-refractivity contribution in [1.29, 1.82) is 0 Å². The van der Waals surface area contributed by atoms with Gasteiger partial charge in [-0.25, -0.2) is 0 Å². The van der Waals surface area contributed by atoms with Crippen molar-refractivity contribution >= 4 is 24.9 Å². The third-order valence-corrected chi connectivity index (χ3v) is 12.1. The number of fused-ring (bicyclic) bond motifs is 5. The summed E-state index contributed by atoms with van der Waals surface area (Å²) in [7, 11) is -2.04. The monoisotopic (exact) mass is 396 g/mol. The molecule has 1 fully saturated rings. The quantitative estimate of drug-likeness (QED) is 0.603. The van der Waals surface area contributed by atoms with Gasteiger partial charge in [0.15, 0.2) is 0 Å². The summed E-state index contributed by atoms with van der Waals surface area (Å²) in [6.45, 7) is 13.4. The Morgan fingerprint density at radius 3 is 2.54 bits per heavy atom. The molecule has 28 heavy (non-hydrogen) atoms. The number of Topliss-reactive ketones (excluding diaryl/α,β-unsaturated/α-hetero) is 1. The molecule has 1 N–H and O–H groups in total. The zero-order chi connectivity index (χ0) is 20.5. The molecule has 0 radical (unpaired) electrons. The van der Waals surface area contributed by atoms with Crippen LogP contribution in [-0.4, -0.2) is 19.2 Å². The summed E-state index contributed by atoms with van der Waals surface area (Å²) in [6, 6.07) is 7.84. The lowest BCUT2D eigenvalue weighted by molar-refractivity contribution is -0.126. The third kappa shape index (κ3) is 2.80. The Bertz CT molecular complexity index is 970. The van der Waals surface area contributed by atoms with Crippen LogP contribution in [-0.2, 0) is 11.2 Å². The zero-order valence-electron chi connectivity index (χ0n) is 18.0. The predicted octanol–water partition coefficient (Wildman–Crippen LogP) is 6.33. The van der Waals surface area contributed by atoms with Gasteiger partial charge in [0.25, 0.3) is 8.32 Å². The molecule has 0 aromatic heterocycles. The zero-order valence-corrected chi connectivity index (χ0v) is 19.0. The van der Waals surface area contributed by atoms with Gasteiger partial charge in [0.2, 0.25) is 0 Å². The van der Waals surface area contributed by atoms with Gasteiger partial charge in [-0.3, -0.25) is 4.79 Å². The number of hydrogen-bond acceptors (Lipinski definition) is 3. The van der Waals surface area contributed by atoms with Crippen molar-refractivity contribution in [3.63, 3.8) is 0 Å². The minimum atomic E-state index is -2.04. The van der Waals surface area contributed by atoms with Gasteiger partial charge in [-0.05, 0) is 78.0 Å². The molecule has 0 heterocycles. The Balaban J connectivity index is 1.94. The number of rotatable bonds is 2. The first kappa shape index (κ1) is 19.5. The lowest BCUT2D eigenvalue weighted by Crippen LogP contribution is -2.44. The second-order valence-corrected chi connectivity index (χ2v) is 15.2. The minimum Gasteiger partial charge on any atom is -0.543 e. The van der Waals surface area contributed by atoms with Gasteiger partial charge >= 0.3 is 0 Å². The second kappa shape index (κ2) is 6.09. The number of ketones is 1. The van der Waals surface area contributed by atoms with E-state index < -0.39 is 8.32 Å². The number of benzene rings is 2. The summed E-state index contributed by atoms with van der Waals surface area (Å²) in [4.78, 5) is 12.6. The molecule has 3 nitrogen and oxygen atoms in total. The Morgan fingerprint density at radius 1 is 1.14 bits per heavy atom. The average molecular weight is 397 g/mol. The SMILES string of the molecule is CC12CCc3c(cc(O[Si](C)(C)C(C)(C)C)c4cc(O)ccc34)C1CCC2=O.